The third-order valence-corrected chi connectivity index (χ3v) is 9.37. The molecule has 2 atom stereocenters. The van der Waals surface area contributed by atoms with Crippen LogP contribution in [0.25, 0.3) is 10.9 Å². The Bertz CT molecular complexity index is 1390. The van der Waals surface area contributed by atoms with E-state index < -0.39 is 9.84 Å². The SMILES string of the molecule is Cc1ccc2nc(N3CCS(=NCCS(C)(=O)=O)c4ccccc4C3)nc(N3CC[C@H](N)C3)c2c1. The number of fused-ring (bicyclic) bond motifs is 2. The highest BCUT2D eigenvalue weighted by atomic mass is 32.2. The molecule has 1 saturated heterocycles. The lowest BCUT2D eigenvalue weighted by molar-refractivity contribution is 0.602. The van der Waals surface area contributed by atoms with E-state index in [0.29, 0.717) is 19.0 Å². The molecule has 2 aliphatic heterocycles. The Balaban J connectivity index is 1.52. The number of hydrogen-bond donors (Lipinski definition) is 1. The highest BCUT2D eigenvalue weighted by Crippen LogP contribution is 2.31. The molecule has 3 aromatic rings. The van der Waals surface area contributed by atoms with Crippen LogP contribution in [-0.4, -0.2) is 68.4 Å². The highest BCUT2D eigenvalue weighted by molar-refractivity contribution is 7.90. The molecule has 10 heteroatoms. The first-order chi connectivity index (χ1) is 16.8. The zero-order valence-corrected chi connectivity index (χ0v) is 21.9. The molecule has 186 valence electrons. The summed E-state index contributed by atoms with van der Waals surface area (Å²) in [5, 5.41) is 1.06. The van der Waals surface area contributed by atoms with Gasteiger partial charge in [-0.15, -0.1) is 0 Å². The summed E-state index contributed by atoms with van der Waals surface area (Å²) in [7, 11) is -3.41. The molecule has 1 fully saturated rings. The van der Waals surface area contributed by atoms with Gasteiger partial charge in [-0.05, 0) is 37.1 Å². The van der Waals surface area contributed by atoms with Crippen LogP contribution in [-0.2, 0) is 27.1 Å². The van der Waals surface area contributed by atoms with Crippen molar-refractivity contribution in [3.63, 3.8) is 0 Å². The first-order valence-electron chi connectivity index (χ1n) is 11.9. The molecule has 8 nitrogen and oxygen atoms in total. The minimum atomic E-state index is -3.04. The summed E-state index contributed by atoms with van der Waals surface area (Å²) in [5.41, 5.74) is 9.54. The van der Waals surface area contributed by atoms with Crippen LogP contribution in [0.5, 0.6) is 0 Å². The van der Waals surface area contributed by atoms with E-state index in [-0.39, 0.29) is 22.5 Å². The quantitative estimate of drug-likeness (QED) is 0.560. The van der Waals surface area contributed by atoms with Crippen molar-refractivity contribution in [3.8, 4) is 0 Å². The van der Waals surface area contributed by atoms with Gasteiger partial charge in [0.15, 0.2) is 0 Å². The fourth-order valence-corrected chi connectivity index (χ4v) is 7.05. The number of aryl methyl sites for hydroxylation is 1. The number of nitrogens with zero attached hydrogens (tertiary/aromatic N) is 5. The van der Waals surface area contributed by atoms with Crippen LogP contribution in [0, 0.1) is 6.92 Å². The van der Waals surface area contributed by atoms with Crippen LogP contribution in [0.4, 0.5) is 11.8 Å². The maximum Gasteiger partial charge on any atom is 0.228 e. The fraction of sp³-hybridized carbons (Fsp3) is 0.440. The normalized spacial score (nSPS) is 20.9. The van der Waals surface area contributed by atoms with Crippen molar-refractivity contribution in [3.05, 3.63) is 53.6 Å². The van der Waals surface area contributed by atoms with E-state index in [1.807, 2.05) is 12.1 Å². The first-order valence-corrected chi connectivity index (χ1v) is 15.4. The topological polar surface area (TPSA) is 105 Å². The molecular weight excluding hydrogens is 480 g/mol. The van der Waals surface area contributed by atoms with Crippen LogP contribution in [0.2, 0.25) is 0 Å². The lowest BCUT2D eigenvalue weighted by Gasteiger charge is -2.25. The molecule has 1 aromatic heterocycles. The van der Waals surface area contributed by atoms with E-state index in [2.05, 4.69) is 47.1 Å². The third-order valence-electron chi connectivity index (χ3n) is 6.48. The van der Waals surface area contributed by atoms with Crippen molar-refractivity contribution in [1.29, 1.82) is 0 Å². The fourth-order valence-electron chi connectivity index (χ4n) is 4.65. The monoisotopic (exact) mass is 512 g/mol. The molecule has 0 saturated carbocycles. The number of rotatable bonds is 5. The van der Waals surface area contributed by atoms with Crippen molar-refractivity contribution >= 4 is 43.2 Å². The molecule has 1 unspecified atom stereocenters. The van der Waals surface area contributed by atoms with Gasteiger partial charge in [-0.2, -0.15) is 4.98 Å². The predicted octanol–water partition coefficient (Wildman–Crippen LogP) is 2.70. The van der Waals surface area contributed by atoms with Crippen molar-refractivity contribution < 1.29 is 8.42 Å². The summed E-state index contributed by atoms with van der Waals surface area (Å²) in [6, 6.07) is 14.8. The van der Waals surface area contributed by atoms with Gasteiger partial charge in [0.2, 0.25) is 5.95 Å². The van der Waals surface area contributed by atoms with Gasteiger partial charge in [-0.3, -0.25) is 4.36 Å². The summed E-state index contributed by atoms with van der Waals surface area (Å²) in [6.45, 7) is 5.54. The van der Waals surface area contributed by atoms with Gasteiger partial charge >= 0.3 is 0 Å². The van der Waals surface area contributed by atoms with Crippen LogP contribution in [0.15, 0.2) is 51.7 Å². The Morgan fingerprint density at radius 1 is 1.14 bits per heavy atom. The maximum atomic E-state index is 11.6. The van der Waals surface area contributed by atoms with Crippen LogP contribution >= 0.6 is 0 Å². The number of hydrogen-bond acceptors (Lipinski definition) is 8. The largest absolute Gasteiger partial charge is 0.354 e. The summed E-state index contributed by atoms with van der Waals surface area (Å²) in [4.78, 5) is 15.8. The Morgan fingerprint density at radius 2 is 1.97 bits per heavy atom. The highest BCUT2D eigenvalue weighted by Gasteiger charge is 2.26. The molecule has 35 heavy (non-hydrogen) atoms. The van der Waals surface area contributed by atoms with Gasteiger partial charge in [-0.25, -0.2) is 13.4 Å². The molecule has 0 aliphatic carbocycles. The van der Waals surface area contributed by atoms with E-state index in [1.54, 1.807) is 0 Å². The second-order valence-corrected chi connectivity index (χ2v) is 13.5. The van der Waals surface area contributed by atoms with Crippen molar-refractivity contribution in [2.45, 2.75) is 30.8 Å². The summed E-state index contributed by atoms with van der Waals surface area (Å²) < 4.78 is 28.0. The minimum Gasteiger partial charge on any atom is -0.354 e. The van der Waals surface area contributed by atoms with Gasteiger partial charge in [0, 0.05) is 54.5 Å². The van der Waals surface area contributed by atoms with Crippen LogP contribution in [0.3, 0.4) is 0 Å². The number of sulfone groups is 1. The van der Waals surface area contributed by atoms with Gasteiger partial charge < -0.3 is 15.5 Å². The van der Waals surface area contributed by atoms with Crippen molar-refractivity contribution in [2.75, 3.05) is 53.7 Å². The van der Waals surface area contributed by atoms with Crippen LogP contribution < -0.4 is 15.5 Å². The second-order valence-electron chi connectivity index (χ2n) is 9.44. The predicted molar refractivity (Wildman–Crippen MR) is 144 cm³/mol. The van der Waals surface area contributed by atoms with Gasteiger partial charge in [0.1, 0.15) is 15.7 Å². The van der Waals surface area contributed by atoms with Gasteiger partial charge in [0.05, 0.1) is 17.8 Å². The third kappa shape index (κ3) is 5.49. The van der Waals surface area contributed by atoms with E-state index in [1.165, 1.54) is 22.3 Å². The Morgan fingerprint density at radius 3 is 2.74 bits per heavy atom. The van der Waals surface area contributed by atoms with E-state index in [4.69, 9.17) is 20.1 Å². The molecule has 0 radical (unpaired) electrons. The molecule has 2 aliphatic rings. The zero-order chi connectivity index (χ0) is 24.6. The minimum absolute atomic E-state index is 0.0803. The standard InChI is InChI=1S/C25H32N6O2S2/c1-18-7-8-22-21(15-18)24(30-11-9-20(26)17-30)29-25(28-22)31-12-13-34(27-10-14-35(2,32)33)23-6-4-3-5-19(23)16-31/h3-8,15,20H,9-14,16-17,26H2,1-2H3/t20-,34?/m0/s1. The lowest BCUT2D eigenvalue weighted by Crippen LogP contribution is -2.30. The summed E-state index contributed by atoms with van der Waals surface area (Å²) in [6.07, 6.45) is 2.22. The average Bonchev–Trinajstić information content (AvgIpc) is 3.16. The van der Waals surface area contributed by atoms with Crippen LogP contribution in [0.1, 0.15) is 17.5 Å². The molecule has 2 aromatic carbocycles. The van der Waals surface area contributed by atoms with Gasteiger partial charge in [0.25, 0.3) is 0 Å². The van der Waals surface area contributed by atoms with Crippen molar-refractivity contribution in [2.24, 2.45) is 10.1 Å². The van der Waals surface area contributed by atoms with Gasteiger partial charge in [-0.1, -0.05) is 40.5 Å². The molecule has 0 spiro atoms. The zero-order valence-electron chi connectivity index (χ0n) is 20.2. The molecular formula is C25H32N6O2S2. The number of benzene rings is 2. The molecule has 0 bridgehead atoms. The number of anilines is 2. The maximum absolute atomic E-state index is 11.6. The summed E-state index contributed by atoms with van der Waals surface area (Å²) >= 11 is 0. The first kappa shape index (κ1) is 24.1. The van der Waals surface area contributed by atoms with Crippen molar-refractivity contribution in [1.82, 2.24) is 9.97 Å². The van der Waals surface area contributed by atoms with E-state index in [0.717, 1.165) is 48.5 Å². The molecule has 5 rings (SSSR count). The van der Waals surface area contributed by atoms with E-state index in [9.17, 15) is 8.42 Å². The number of aromatic nitrogens is 2. The molecule has 2 N–H and O–H groups in total. The Kier molecular flexibility index (Phi) is 6.78. The summed E-state index contributed by atoms with van der Waals surface area (Å²) in [5.74, 6) is 2.56. The van der Waals surface area contributed by atoms with E-state index >= 15 is 0 Å². The average molecular weight is 513 g/mol. The second kappa shape index (κ2) is 9.83. The lowest BCUT2D eigenvalue weighted by atomic mass is 10.1. The molecule has 0 amide bonds. The Labute approximate surface area is 209 Å². The molecule has 3 heterocycles. The Hall–Kier alpha value is -2.56. The number of nitrogens with two attached hydrogens (primary N) is 1. The smallest absolute Gasteiger partial charge is 0.228 e.